The monoisotopic (exact) mass is 420 g/mol. The van der Waals surface area contributed by atoms with Gasteiger partial charge in [0.15, 0.2) is 0 Å². The van der Waals surface area contributed by atoms with Gasteiger partial charge in [-0.2, -0.15) is 13.2 Å². The highest BCUT2D eigenvalue weighted by Crippen LogP contribution is 2.37. The zero-order valence-corrected chi connectivity index (χ0v) is 16.6. The van der Waals surface area contributed by atoms with Gasteiger partial charge in [0.25, 0.3) is 5.91 Å². The molecule has 1 amide bonds. The second-order valence-electron chi connectivity index (χ2n) is 6.47. The van der Waals surface area contributed by atoms with Crippen LogP contribution in [0.1, 0.15) is 20.8 Å². The standard InChI is InChI=1S/C21H19F3N2O2S/c1-26(2)15-8-9-19(18(12-15)21(22,23)24)25-20(27)14-5-3-6-16(11-14)28-13-17-7-4-10-29-17/h3-12H,13H2,1-2H3,(H,25,27). The van der Waals surface area contributed by atoms with Crippen LogP contribution in [0.2, 0.25) is 0 Å². The number of carbonyl (C=O) groups excluding carboxylic acids is 1. The fourth-order valence-corrected chi connectivity index (χ4v) is 3.24. The second-order valence-corrected chi connectivity index (χ2v) is 7.50. The summed E-state index contributed by atoms with van der Waals surface area (Å²) in [5.41, 5.74) is -0.599. The van der Waals surface area contributed by atoms with Crippen LogP contribution >= 0.6 is 11.3 Å². The summed E-state index contributed by atoms with van der Waals surface area (Å²) in [5.74, 6) is -0.181. The Labute approximate surface area is 170 Å². The number of benzene rings is 2. The Bertz CT molecular complexity index is 986. The van der Waals surface area contributed by atoms with E-state index in [1.807, 2.05) is 17.5 Å². The highest BCUT2D eigenvalue weighted by molar-refractivity contribution is 7.09. The minimum Gasteiger partial charge on any atom is -0.488 e. The number of alkyl halides is 3. The summed E-state index contributed by atoms with van der Waals surface area (Å²) in [4.78, 5) is 15.1. The van der Waals surface area contributed by atoms with Gasteiger partial charge in [0.1, 0.15) is 12.4 Å². The maximum atomic E-state index is 13.5. The molecule has 0 atom stereocenters. The summed E-state index contributed by atoms with van der Waals surface area (Å²) < 4.78 is 46.0. The molecular formula is C21H19F3N2O2S. The first-order chi connectivity index (χ1) is 13.7. The molecule has 0 aliphatic rings. The van der Waals surface area contributed by atoms with Gasteiger partial charge >= 0.3 is 6.18 Å². The maximum Gasteiger partial charge on any atom is 0.418 e. The van der Waals surface area contributed by atoms with Crippen LogP contribution in [-0.4, -0.2) is 20.0 Å². The molecular weight excluding hydrogens is 401 g/mol. The first kappa shape index (κ1) is 20.7. The number of carbonyl (C=O) groups is 1. The molecule has 0 saturated heterocycles. The summed E-state index contributed by atoms with van der Waals surface area (Å²) in [6.07, 6.45) is -4.60. The maximum absolute atomic E-state index is 13.5. The van der Waals surface area contributed by atoms with Crippen LogP contribution < -0.4 is 15.0 Å². The van der Waals surface area contributed by atoms with Crippen molar-refractivity contribution in [2.24, 2.45) is 0 Å². The van der Waals surface area contributed by atoms with E-state index in [2.05, 4.69) is 5.32 Å². The van der Waals surface area contributed by atoms with Crippen molar-refractivity contribution >= 4 is 28.6 Å². The summed E-state index contributed by atoms with van der Waals surface area (Å²) in [6.45, 7) is 0.354. The fraction of sp³-hybridized carbons (Fsp3) is 0.190. The smallest absolute Gasteiger partial charge is 0.418 e. The number of thiophene rings is 1. The van der Waals surface area contributed by atoms with Crippen molar-refractivity contribution in [2.75, 3.05) is 24.3 Å². The SMILES string of the molecule is CN(C)c1ccc(NC(=O)c2cccc(OCc3cccs3)c2)c(C(F)(F)F)c1. The molecule has 29 heavy (non-hydrogen) atoms. The van der Waals surface area contributed by atoms with Crippen LogP contribution in [0.5, 0.6) is 5.75 Å². The lowest BCUT2D eigenvalue weighted by molar-refractivity contribution is -0.136. The van der Waals surface area contributed by atoms with Gasteiger partial charge < -0.3 is 15.0 Å². The van der Waals surface area contributed by atoms with Crippen molar-refractivity contribution in [2.45, 2.75) is 12.8 Å². The first-order valence-electron chi connectivity index (χ1n) is 8.69. The number of ether oxygens (including phenoxy) is 1. The number of nitrogens with zero attached hydrogens (tertiary/aromatic N) is 1. The van der Waals surface area contributed by atoms with Crippen molar-refractivity contribution in [3.8, 4) is 5.75 Å². The third-order valence-corrected chi connectivity index (χ3v) is 4.98. The van der Waals surface area contributed by atoms with E-state index in [1.165, 1.54) is 24.3 Å². The molecule has 1 N–H and O–H groups in total. The number of hydrogen-bond acceptors (Lipinski definition) is 4. The molecule has 1 heterocycles. The van der Waals surface area contributed by atoms with Gasteiger partial charge in [-0.3, -0.25) is 4.79 Å². The average Bonchev–Trinajstić information content (AvgIpc) is 3.19. The Morgan fingerprint density at radius 1 is 1.10 bits per heavy atom. The largest absolute Gasteiger partial charge is 0.488 e. The van der Waals surface area contributed by atoms with Crippen molar-refractivity contribution in [3.63, 3.8) is 0 Å². The summed E-state index contributed by atoms with van der Waals surface area (Å²) in [7, 11) is 3.30. The molecule has 0 spiro atoms. The van der Waals surface area contributed by atoms with Gasteiger partial charge in [0, 0.05) is 30.2 Å². The zero-order chi connectivity index (χ0) is 21.0. The van der Waals surface area contributed by atoms with Gasteiger partial charge in [-0.05, 0) is 47.8 Å². The topological polar surface area (TPSA) is 41.6 Å². The predicted molar refractivity (Wildman–Crippen MR) is 109 cm³/mol. The number of amides is 1. The summed E-state index contributed by atoms with van der Waals surface area (Å²) in [6, 6.07) is 14.0. The van der Waals surface area contributed by atoms with Crippen LogP contribution in [0.3, 0.4) is 0 Å². The Hall–Kier alpha value is -3.00. The summed E-state index contributed by atoms with van der Waals surface area (Å²) >= 11 is 1.55. The predicted octanol–water partition coefficient (Wildman–Crippen LogP) is 5.66. The first-order valence-corrected chi connectivity index (χ1v) is 9.57. The van der Waals surface area contributed by atoms with Gasteiger partial charge in [0.05, 0.1) is 11.3 Å². The number of halogens is 3. The molecule has 3 aromatic rings. The molecule has 0 saturated carbocycles. The van der Waals surface area contributed by atoms with Crippen molar-refractivity contribution in [3.05, 3.63) is 76.0 Å². The van der Waals surface area contributed by atoms with Crippen molar-refractivity contribution < 1.29 is 22.7 Å². The lowest BCUT2D eigenvalue weighted by Crippen LogP contribution is -2.18. The molecule has 0 aliphatic carbocycles. The van der Waals surface area contributed by atoms with Crippen LogP contribution in [-0.2, 0) is 12.8 Å². The summed E-state index contributed by atoms with van der Waals surface area (Å²) in [5, 5.41) is 4.30. The molecule has 152 valence electrons. The number of nitrogens with one attached hydrogen (secondary N) is 1. The van der Waals surface area contributed by atoms with E-state index in [0.717, 1.165) is 10.9 Å². The van der Waals surface area contributed by atoms with E-state index in [9.17, 15) is 18.0 Å². The number of anilines is 2. The minimum absolute atomic E-state index is 0.207. The third kappa shape index (κ3) is 5.29. The number of hydrogen-bond donors (Lipinski definition) is 1. The Balaban J connectivity index is 1.78. The van der Waals surface area contributed by atoms with Gasteiger partial charge in [-0.1, -0.05) is 12.1 Å². The van der Waals surface area contributed by atoms with E-state index in [-0.39, 0.29) is 11.3 Å². The van der Waals surface area contributed by atoms with Gasteiger partial charge in [-0.15, -0.1) is 11.3 Å². The van der Waals surface area contributed by atoms with Crippen molar-refractivity contribution in [1.29, 1.82) is 0 Å². The minimum atomic E-state index is -4.60. The normalized spacial score (nSPS) is 11.2. The highest BCUT2D eigenvalue weighted by atomic mass is 32.1. The van der Waals surface area contributed by atoms with E-state index in [4.69, 9.17) is 4.74 Å². The Morgan fingerprint density at radius 3 is 2.55 bits per heavy atom. The van der Waals surface area contributed by atoms with Crippen molar-refractivity contribution in [1.82, 2.24) is 0 Å². The molecule has 0 aliphatic heterocycles. The van der Waals surface area contributed by atoms with Crippen LogP contribution in [0, 0.1) is 0 Å². The fourth-order valence-electron chi connectivity index (χ4n) is 2.62. The lowest BCUT2D eigenvalue weighted by Gasteiger charge is -2.19. The van der Waals surface area contributed by atoms with Crippen LogP contribution in [0.15, 0.2) is 60.0 Å². The molecule has 2 aromatic carbocycles. The molecule has 8 heteroatoms. The zero-order valence-electron chi connectivity index (χ0n) is 15.8. The Morgan fingerprint density at radius 2 is 1.90 bits per heavy atom. The molecule has 0 radical (unpaired) electrons. The lowest BCUT2D eigenvalue weighted by atomic mass is 10.1. The van der Waals surface area contributed by atoms with Gasteiger partial charge in [0.2, 0.25) is 0 Å². The average molecular weight is 420 g/mol. The molecule has 0 fully saturated rings. The highest BCUT2D eigenvalue weighted by Gasteiger charge is 2.34. The van der Waals surface area contributed by atoms with E-state index in [1.54, 1.807) is 42.5 Å². The second kappa shape index (κ2) is 8.57. The quantitative estimate of drug-likeness (QED) is 0.559. The number of rotatable bonds is 6. The van der Waals surface area contributed by atoms with Gasteiger partial charge in [-0.25, -0.2) is 0 Å². The van der Waals surface area contributed by atoms with E-state index in [0.29, 0.717) is 18.0 Å². The molecule has 1 aromatic heterocycles. The third-order valence-electron chi connectivity index (χ3n) is 4.13. The van der Waals surface area contributed by atoms with E-state index < -0.39 is 17.6 Å². The van der Waals surface area contributed by atoms with Crippen LogP contribution in [0.4, 0.5) is 24.5 Å². The molecule has 0 bridgehead atoms. The van der Waals surface area contributed by atoms with Crippen LogP contribution in [0.25, 0.3) is 0 Å². The Kier molecular flexibility index (Phi) is 6.12. The molecule has 4 nitrogen and oxygen atoms in total. The molecule has 0 unspecified atom stereocenters. The van der Waals surface area contributed by atoms with E-state index >= 15 is 0 Å². The molecule has 3 rings (SSSR count).